The number of Topliss-reactive ketones (excluding diaryl/α,β-unsaturated/α-hetero) is 1. The highest BCUT2D eigenvalue weighted by atomic mass is 16.5. The fourth-order valence-electron chi connectivity index (χ4n) is 3.06. The molecule has 2 heterocycles. The number of hydrogen-bond acceptors (Lipinski definition) is 5. The van der Waals surface area contributed by atoms with Gasteiger partial charge < -0.3 is 13.9 Å². The molecule has 0 saturated heterocycles. The monoisotopic (exact) mass is 316 g/mol. The minimum atomic E-state index is -0.463. The Labute approximate surface area is 134 Å². The van der Waals surface area contributed by atoms with Gasteiger partial charge in [0.15, 0.2) is 11.4 Å². The molecule has 0 saturated carbocycles. The molecule has 2 aromatic rings. The second kappa shape index (κ2) is 5.72. The molecule has 0 spiro atoms. The highest BCUT2D eigenvalue weighted by molar-refractivity contribution is 6.12. The van der Waals surface area contributed by atoms with Gasteiger partial charge in [-0.2, -0.15) is 0 Å². The van der Waals surface area contributed by atoms with E-state index in [2.05, 4.69) is 0 Å². The number of hydrogen-bond donors (Lipinski definition) is 0. The summed E-state index contributed by atoms with van der Waals surface area (Å²) in [6.45, 7) is 5.70. The summed E-state index contributed by atoms with van der Waals surface area (Å²) in [5.41, 5.74) is 0.994. The van der Waals surface area contributed by atoms with Crippen molar-refractivity contribution in [3.05, 3.63) is 33.7 Å². The molecular formula is C18H20O5. The van der Waals surface area contributed by atoms with Crippen molar-refractivity contribution in [3.8, 4) is 11.5 Å². The van der Waals surface area contributed by atoms with Gasteiger partial charge in [0, 0.05) is 12.1 Å². The lowest BCUT2D eigenvalue weighted by Gasteiger charge is -2.28. The first-order chi connectivity index (χ1) is 11.0. The van der Waals surface area contributed by atoms with Gasteiger partial charge in [0.2, 0.25) is 0 Å². The molecule has 1 aliphatic rings. The maximum Gasteiger partial charge on any atom is 0.336 e. The predicted octanol–water partition coefficient (Wildman–Crippen LogP) is 3.35. The third-order valence-electron chi connectivity index (χ3n) is 4.44. The van der Waals surface area contributed by atoms with Crippen LogP contribution >= 0.6 is 0 Å². The highest BCUT2D eigenvalue weighted by Gasteiger charge is 2.35. The van der Waals surface area contributed by atoms with Crippen LogP contribution < -0.4 is 15.1 Å². The molecule has 5 nitrogen and oxygen atoms in total. The summed E-state index contributed by atoms with van der Waals surface area (Å²) in [4.78, 5) is 24.7. The van der Waals surface area contributed by atoms with Crippen LogP contribution in [0.25, 0.3) is 11.0 Å². The van der Waals surface area contributed by atoms with Crippen LogP contribution in [-0.4, -0.2) is 19.0 Å². The van der Waals surface area contributed by atoms with Crippen molar-refractivity contribution in [1.29, 1.82) is 0 Å². The zero-order valence-corrected chi connectivity index (χ0v) is 13.8. The zero-order valence-electron chi connectivity index (χ0n) is 13.8. The standard InChI is InChI=1S/C18H20O5/c1-5-6-11-7-14(19)23-18-15(11)12(21-4)8-13-16(18)17(20)9(2)10(3)22-13/h7-10H,5-6H2,1-4H3/t9?,10-/m1/s1. The fraction of sp³-hybridized carbons (Fsp3) is 0.444. The van der Waals surface area contributed by atoms with Crippen LogP contribution in [0.2, 0.25) is 0 Å². The van der Waals surface area contributed by atoms with E-state index in [9.17, 15) is 9.59 Å². The minimum Gasteiger partial charge on any atom is -0.496 e. The van der Waals surface area contributed by atoms with Crippen LogP contribution in [0.3, 0.4) is 0 Å². The Balaban J connectivity index is 2.43. The molecule has 5 heteroatoms. The van der Waals surface area contributed by atoms with Crippen molar-refractivity contribution in [2.45, 2.75) is 39.7 Å². The van der Waals surface area contributed by atoms with Crippen molar-refractivity contribution < 1.29 is 18.7 Å². The number of rotatable bonds is 3. The number of ether oxygens (including phenoxy) is 2. The first kappa shape index (κ1) is 15.6. The average molecular weight is 316 g/mol. The Morgan fingerprint density at radius 3 is 2.61 bits per heavy atom. The number of carbonyl (C=O) groups is 1. The molecule has 0 fully saturated rings. The number of benzene rings is 1. The van der Waals surface area contributed by atoms with E-state index in [0.717, 1.165) is 12.0 Å². The summed E-state index contributed by atoms with van der Waals surface area (Å²) < 4.78 is 16.7. The van der Waals surface area contributed by atoms with Crippen LogP contribution in [0.4, 0.5) is 0 Å². The molecule has 1 aromatic heterocycles. The number of methoxy groups -OCH3 is 1. The van der Waals surface area contributed by atoms with Crippen molar-refractivity contribution in [1.82, 2.24) is 0 Å². The largest absolute Gasteiger partial charge is 0.496 e. The van der Waals surface area contributed by atoms with Gasteiger partial charge in [-0.05, 0) is 18.9 Å². The molecule has 0 amide bonds. The zero-order chi connectivity index (χ0) is 16.7. The quantitative estimate of drug-likeness (QED) is 0.812. The third kappa shape index (κ3) is 2.40. The van der Waals surface area contributed by atoms with E-state index in [0.29, 0.717) is 28.9 Å². The SMILES string of the molecule is CCCc1cc(=O)oc2c3c(cc(OC)c12)O[C@H](C)C(C)C3=O. The van der Waals surface area contributed by atoms with Gasteiger partial charge >= 0.3 is 5.63 Å². The number of carbonyl (C=O) groups excluding carboxylic acids is 1. The molecule has 122 valence electrons. The Bertz CT molecular complexity index is 833. The van der Waals surface area contributed by atoms with Crippen LogP contribution in [-0.2, 0) is 6.42 Å². The van der Waals surface area contributed by atoms with Gasteiger partial charge in [0.25, 0.3) is 0 Å². The summed E-state index contributed by atoms with van der Waals surface area (Å²) in [7, 11) is 1.55. The third-order valence-corrected chi connectivity index (χ3v) is 4.44. The minimum absolute atomic E-state index is 0.0665. The van der Waals surface area contributed by atoms with Gasteiger partial charge in [0.1, 0.15) is 23.2 Å². The first-order valence-corrected chi connectivity index (χ1v) is 7.86. The van der Waals surface area contributed by atoms with Crippen molar-refractivity contribution in [2.24, 2.45) is 5.92 Å². The fourth-order valence-corrected chi connectivity index (χ4v) is 3.06. The molecule has 1 aromatic carbocycles. The maximum atomic E-state index is 12.7. The summed E-state index contributed by atoms with van der Waals surface area (Å²) in [6.07, 6.45) is 1.34. The molecule has 2 atom stereocenters. The normalized spacial score (nSPS) is 20.3. The van der Waals surface area contributed by atoms with Crippen LogP contribution in [0.15, 0.2) is 21.3 Å². The van der Waals surface area contributed by atoms with Crippen LogP contribution in [0, 0.1) is 5.92 Å². The Morgan fingerprint density at radius 2 is 1.96 bits per heavy atom. The van der Waals surface area contributed by atoms with Gasteiger partial charge in [-0.1, -0.05) is 20.3 Å². The van der Waals surface area contributed by atoms with E-state index in [-0.39, 0.29) is 23.4 Å². The second-order valence-electron chi connectivity index (χ2n) is 5.97. The molecule has 1 unspecified atom stereocenters. The summed E-state index contributed by atoms with van der Waals surface area (Å²) in [6, 6.07) is 3.19. The molecule has 0 aliphatic carbocycles. The number of aryl methyl sites for hydroxylation is 1. The molecule has 3 rings (SSSR count). The molecule has 0 radical (unpaired) electrons. The first-order valence-electron chi connectivity index (χ1n) is 7.86. The van der Waals surface area contributed by atoms with Crippen LogP contribution in [0.5, 0.6) is 11.5 Å². The van der Waals surface area contributed by atoms with E-state index in [4.69, 9.17) is 13.9 Å². The van der Waals surface area contributed by atoms with E-state index < -0.39 is 5.63 Å². The Kier molecular flexibility index (Phi) is 3.88. The Morgan fingerprint density at radius 1 is 1.22 bits per heavy atom. The topological polar surface area (TPSA) is 65.7 Å². The average Bonchev–Trinajstić information content (AvgIpc) is 2.51. The molecule has 0 N–H and O–H groups in total. The van der Waals surface area contributed by atoms with E-state index in [1.807, 2.05) is 20.8 Å². The van der Waals surface area contributed by atoms with Gasteiger partial charge in [-0.3, -0.25) is 4.79 Å². The van der Waals surface area contributed by atoms with Gasteiger partial charge in [0.05, 0.1) is 18.4 Å². The van der Waals surface area contributed by atoms with Gasteiger partial charge in [-0.15, -0.1) is 0 Å². The molecule has 23 heavy (non-hydrogen) atoms. The molecular weight excluding hydrogens is 296 g/mol. The van der Waals surface area contributed by atoms with E-state index in [1.54, 1.807) is 13.2 Å². The van der Waals surface area contributed by atoms with Crippen molar-refractivity contribution in [3.63, 3.8) is 0 Å². The lowest BCUT2D eigenvalue weighted by molar-refractivity contribution is 0.0731. The van der Waals surface area contributed by atoms with Crippen molar-refractivity contribution >= 4 is 16.8 Å². The van der Waals surface area contributed by atoms with Crippen molar-refractivity contribution in [2.75, 3.05) is 7.11 Å². The lowest BCUT2D eigenvalue weighted by Crippen LogP contribution is -2.33. The highest BCUT2D eigenvalue weighted by Crippen LogP contribution is 2.41. The number of fused-ring (bicyclic) bond motifs is 3. The molecule has 0 bridgehead atoms. The Hall–Kier alpha value is -2.30. The van der Waals surface area contributed by atoms with Gasteiger partial charge in [-0.25, -0.2) is 4.79 Å². The van der Waals surface area contributed by atoms with E-state index >= 15 is 0 Å². The maximum absolute atomic E-state index is 12.7. The summed E-state index contributed by atoms with van der Waals surface area (Å²) in [5, 5.41) is 0.686. The lowest BCUT2D eigenvalue weighted by atomic mass is 9.89. The summed E-state index contributed by atoms with van der Waals surface area (Å²) in [5.74, 6) is 0.615. The molecule has 1 aliphatic heterocycles. The summed E-state index contributed by atoms with van der Waals surface area (Å²) >= 11 is 0. The van der Waals surface area contributed by atoms with Crippen LogP contribution in [0.1, 0.15) is 43.1 Å². The number of ketones is 1. The van der Waals surface area contributed by atoms with E-state index in [1.165, 1.54) is 6.07 Å². The smallest absolute Gasteiger partial charge is 0.336 e. The second-order valence-corrected chi connectivity index (χ2v) is 5.97. The predicted molar refractivity (Wildman–Crippen MR) is 86.6 cm³/mol.